The Labute approximate surface area is 358 Å². The van der Waals surface area contributed by atoms with Crippen LogP contribution >= 0.6 is 0 Å². The van der Waals surface area contributed by atoms with Gasteiger partial charge in [0.25, 0.3) is 0 Å². The predicted molar refractivity (Wildman–Crippen MR) is 209 cm³/mol. The van der Waals surface area contributed by atoms with E-state index in [0.717, 1.165) is 0 Å². The van der Waals surface area contributed by atoms with Gasteiger partial charge in [0.2, 0.25) is 0 Å². The van der Waals surface area contributed by atoms with E-state index in [9.17, 15) is 38.4 Å². The quantitative estimate of drug-likeness (QED) is 0.0624. The molecular formula is C40H60O18Ti. The third-order valence-electron chi connectivity index (χ3n) is 9.62. The van der Waals surface area contributed by atoms with Crippen molar-refractivity contribution in [3.05, 3.63) is 60.7 Å². The van der Waals surface area contributed by atoms with Crippen LogP contribution in [0.3, 0.4) is 0 Å². The van der Waals surface area contributed by atoms with Crippen molar-refractivity contribution in [2.45, 2.75) is 107 Å². The molecule has 2 aromatic rings. The molecule has 0 amide bonds. The summed E-state index contributed by atoms with van der Waals surface area (Å²) in [6.45, 7) is 12.5. The SMILES string of the molecule is CCC(CC)(C(=O)O)C(=O)O.CCC(CC)(C(=O)O)C(=O)O.CCC(CC)(C(=O)O)C(=O)O.CCC(CC)(C(=O)O)C(=O)O.Oc1ccccc1.Oc1ccccc1.[Ti]. The monoisotopic (exact) mass is 876 g/mol. The summed E-state index contributed by atoms with van der Waals surface area (Å²) in [6, 6.07) is 17.4. The molecule has 59 heavy (non-hydrogen) atoms. The number of phenols is 2. The van der Waals surface area contributed by atoms with E-state index >= 15 is 0 Å². The minimum Gasteiger partial charge on any atom is -0.508 e. The smallest absolute Gasteiger partial charge is 0.321 e. The number of hydrogen-bond acceptors (Lipinski definition) is 10. The van der Waals surface area contributed by atoms with Crippen LogP contribution in [-0.4, -0.2) is 98.8 Å². The Kier molecular flexibility index (Phi) is 33.5. The van der Waals surface area contributed by atoms with E-state index < -0.39 is 69.4 Å². The number of aromatic hydroxyl groups is 2. The number of carbonyl (C=O) groups is 8. The summed E-state index contributed by atoms with van der Waals surface area (Å²) in [6.07, 6.45) is 0.954. The number of rotatable bonds is 16. The van der Waals surface area contributed by atoms with E-state index in [-0.39, 0.29) is 73.1 Å². The second-order valence-electron chi connectivity index (χ2n) is 12.3. The molecule has 0 aliphatic heterocycles. The topological polar surface area (TPSA) is 339 Å². The third-order valence-corrected chi connectivity index (χ3v) is 9.62. The summed E-state index contributed by atoms with van der Waals surface area (Å²) in [5.41, 5.74) is -6.33. The molecule has 10 N–H and O–H groups in total. The molecule has 332 valence electrons. The van der Waals surface area contributed by atoms with E-state index in [2.05, 4.69) is 0 Å². The van der Waals surface area contributed by atoms with Gasteiger partial charge < -0.3 is 51.1 Å². The van der Waals surface area contributed by atoms with Gasteiger partial charge in [-0.15, -0.1) is 0 Å². The fraction of sp³-hybridized carbons (Fsp3) is 0.500. The molecule has 0 aliphatic carbocycles. The van der Waals surface area contributed by atoms with Crippen molar-refractivity contribution < 1.29 is 111 Å². The Morgan fingerprint density at radius 1 is 0.322 bits per heavy atom. The average Bonchev–Trinajstić information content (AvgIpc) is 3.15. The van der Waals surface area contributed by atoms with Crippen molar-refractivity contribution in [3.8, 4) is 11.5 Å². The molecular weight excluding hydrogens is 816 g/mol. The van der Waals surface area contributed by atoms with Gasteiger partial charge in [0.15, 0.2) is 21.7 Å². The maximum Gasteiger partial charge on any atom is 0.321 e. The van der Waals surface area contributed by atoms with Crippen molar-refractivity contribution in [1.29, 1.82) is 0 Å². The van der Waals surface area contributed by atoms with Crippen molar-refractivity contribution in [2.24, 2.45) is 21.7 Å². The summed E-state index contributed by atoms with van der Waals surface area (Å²) >= 11 is 0. The number of aliphatic carboxylic acids is 8. The zero-order chi connectivity index (χ0) is 46.5. The molecule has 0 unspecified atom stereocenters. The van der Waals surface area contributed by atoms with Crippen LogP contribution in [0.15, 0.2) is 60.7 Å². The summed E-state index contributed by atoms with van der Waals surface area (Å²) in [7, 11) is 0. The Bertz CT molecular complexity index is 1300. The van der Waals surface area contributed by atoms with Crippen LogP contribution in [-0.2, 0) is 60.1 Å². The van der Waals surface area contributed by atoms with E-state index in [0.29, 0.717) is 11.5 Å². The number of hydrogen-bond donors (Lipinski definition) is 10. The molecule has 0 saturated heterocycles. The minimum absolute atomic E-state index is 0. The second-order valence-corrected chi connectivity index (χ2v) is 12.3. The molecule has 0 saturated carbocycles. The van der Waals surface area contributed by atoms with E-state index in [1.807, 2.05) is 12.1 Å². The molecule has 2 aromatic carbocycles. The van der Waals surface area contributed by atoms with Crippen molar-refractivity contribution >= 4 is 47.8 Å². The van der Waals surface area contributed by atoms with Crippen molar-refractivity contribution in [2.75, 3.05) is 0 Å². The van der Waals surface area contributed by atoms with Crippen LogP contribution < -0.4 is 0 Å². The number of benzene rings is 2. The first-order valence-corrected chi connectivity index (χ1v) is 18.2. The molecule has 0 radical (unpaired) electrons. The van der Waals surface area contributed by atoms with Crippen LogP contribution in [0.2, 0.25) is 0 Å². The predicted octanol–water partition coefficient (Wildman–Crippen LogP) is 6.63. The molecule has 0 heterocycles. The van der Waals surface area contributed by atoms with Gasteiger partial charge in [-0.2, -0.15) is 0 Å². The fourth-order valence-corrected chi connectivity index (χ4v) is 4.64. The Hall–Kier alpha value is -5.49. The first-order valence-electron chi connectivity index (χ1n) is 18.2. The van der Waals surface area contributed by atoms with Gasteiger partial charge in [-0.3, -0.25) is 38.4 Å². The Balaban J connectivity index is -0.000000198. The maximum atomic E-state index is 10.5. The van der Waals surface area contributed by atoms with Crippen molar-refractivity contribution in [1.82, 2.24) is 0 Å². The van der Waals surface area contributed by atoms with Gasteiger partial charge in [0.1, 0.15) is 11.5 Å². The Morgan fingerprint density at radius 3 is 0.475 bits per heavy atom. The normalized spacial score (nSPS) is 10.3. The summed E-state index contributed by atoms with van der Waals surface area (Å²) in [5.74, 6) is -9.39. The zero-order valence-corrected chi connectivity index (χ0v) is 36.2. The summed E-state index contributed by atoms with van der Waals surface area (Å²) in [4.78, 5) is 84.4. The first kappa shape index (κ1) is 62.7. The van der Waals surface area contributed by atoms with E-state index in [1.54, 1.807) is 104 Å². The maximum absolute atomic E-state index is 10.5. The molecule has 0 aromatic heterocycles. The molecule has 19 heteroatoms. The van der Waals surface area contributed by atoms with E-state index in [4.69, 9.17) is 51.1 Å². The molecule has 0 aliphatic rings. The molecule has 0 bridgehead atoms. The molecule has 18 nitrogen and oxygen atoms in total. The summed E-state index contributed by atoms with van der Waals surface area (Å²) < 4.78 is 0. The van der Waals surface area contributed by atoms with Crippen molar-refractivity contribution in [3.63, 3.8) is 0 Å². The molecule has 2 rings (SSSR count). The van der Waals surface area contributed by atoms with Gasteiger partial charge in [0, 0.05) is 21.7 Å². The number of phenolic OH excluding ortho intramolecular Hbond substituents is 2. The molecule has 0 fully saturated rings. The van der Waals surface area contributed by atoms with Gasteiger partial charge in [-0.05, 0) is 75.6 Å². The molecule has 0 spiro atoms. The van der Waals surface area contributed by atoms with Gasteiger partial charge in [-0.1, -0.05) is 91.8 Å². The van der Waals surface area contributed by atoms with Gasteiger partial charge >= 0.3 is 47.8 Å². The number of para-hydroxylation sites is 2. The van der Waals surface area contributed by atoms with Crippen LogP contribution in [0.1, 0.15) is 107 Å². The van der Waals surface area contributed by atoms with Gasteiger partial charge in [0.05, 0.1) is 0 Å². The fourth-order valence-electron chi connectivity index (χ4n) is 4.64. The number of carboxylic acid groups (broad SMARTS) is 8. The average molecular weight is 877 g/mol. The van der Waals surface area contributed by atoms with Crippen LogP contribution in [0.25, 0.3) is 0 Å². The standard InChI is InChI=1S/4C7H12O4.2C6H6O.Ti/c4*1-3-7(4-2,5(8)9)6(10)11;2*7-6-4-2-1-3-5-6;/h4*3-4H2,1-2H3,(H,8,9)(H,10,11);2*1-5,7H;. The van der Waals surface area contributed by atoms with Crippen LogP contribution in [0.5, 0.6) is 11.5 Å². The van der Waals surface area contributed by atoms with Crippen LogP contribution in [0, 0.1) is 21.7 Å². The third kappa shape index (κ3) is 19.7. The second kappa shape index (κ2) is 31.5. The Morgan fingerprint density at radius 2 is 0.441 bits per heavy atom. The van der Waals surface area contributed by atoms with E-state index in [1.165, 1.54) is 0 Å². The largest absolute Gasteiger partial charge is 0.508 e. The van der Waals surface area contributed by atoms with Crippen LogP contribution in [0.4, 0.5) is 0 Å². The summed E-state index contributed by atoms with van der Waals surface area (Å²) in [5, 5.41) is 86.2. The minimum atomic E-state index is -1.58. The first-order chi connectivity index (χ1) is 26.8. The number of carboxylic acids is 8. The zero-order valence-electron chi connectivity index (χ0n) is 34.7. The van der Waals surface area contributed by atoms with Gasteiger partial charge in [-0.25, -0.2) is 0 Å². The molecule has 0 atom stereocenters.